The quantitative estimate of drug-likeness (QED) is 0.593. The molecule has 0 spiro atoms. The van der Waals surface area contributed by atoms with Gasteiger partial charge in [-0.05, 0) is 17.5 Å². The van der Waals surface area contributed by atoms with E-state index in [0.717, 1.165) is 16.3 Å². The van der Waals surface area contributed by atoms with Gasteiger partial charge in [0.1, 0.15) is 6.04 Å². The summed E-state index contributed by atoms with van der Waals surface area (Å²) >= 11 is 7.61. The maximum absolute atomic E-state index is 6.29. The van der Waals surface area contributed by atoms with Gasteiger partial charge in [-0.25, -0.2) is 5.43 Å². The second-order valence-electron chi connectivity index (χ2n) is 4.87. The monoisotopic (exact) mass is 330 g/mol. The summed E-state index contributed by atoms with van der Waals surface area (Å²) in [6, 6.07) is -0.297. The highest BCUT2D eigenvalue weighted by atomic mass is 35.5. The number of hydrazine groups is 1. The average molecular weight is 331 g/mol. The van der Waals surface area contributed by atoms with Crippen molar-refractivity contribution < 1.29 is 4.74 Å². The molecule has 2 heterocycles. The third kappa shape index (κ3) is 3.41. The molecule has 0 aliphatic heterocycles. The number of aromatic nitrogens is 4. The molecule has 0 saturated heterocycles. The number of halogens is 1. The van der Waals surface area contributed by atoms with Gasteiger partial charge in [0.15, 0.2) is 0 Å². The van der Waals surface area contributed by atoms with Crippen LogP contribution < -0.4 is 11.3 Å². The van der Waals surface area contributed by atoms with Crippen LogP contribution in [0.3, 0.4) is 0 Å². The fourth-order valence-electron chi connectivity index (χ4n) is 2.10. The van der Waals surface area contributed by atoms with E-state index >= 15 is 0 Å². The van der Waals surface area contributed by atoms with E-state index in [0.29, 0.717) is 18.2 Å². The highest BCUT2D eigenvalue weighted by Crippen LogP contribution is 2.33. The van der Waals surface area contributed by atoms with E-state index in [1.807, 2.05) is 0 Å². The maximum Gasteiger partial charge on any atom is 0.102 e. The first kappa shape index (κ1) is 16.3. The van der Waals surface area contributed by atoms with Crippen molar-refractivity contribution in [2.75, 3.05) is 13.7 Å². The first-order valence-corrected chi connectivity index (χ1v) is 7.73. The summed E-state index contributed by atoms with van der Waals surface area (Å²) in [5, 5.41) is 9.02. The summed E-state index contributed by atoms with van der Waals surface area (Å²) in [6.45, 7) is 5.27. The normalized spacial score (nSPS) is 13.0. The zero-order valence-corrected chi connectivity index (χ0v) is 13.8. The van der Waals surface area contributed by atoms with Crippen LogP contribution in [0.15, 0.2) is 6.20 Å². The van der Waals surface area contributed by atoms with Crippen LogP contribution in [0.5, 0.6) is 0 Å². The van der Waals surface area contributed by atoms with E-state index < -0.39 is 0 Å². The predicted molar refractivity (Wildman–Crippen MR) is 82.3 cm³/mol. The Hall–Kier alpha value is -1.06. The summed E-state index contributed by atoms with van der Waals surface area (Å²) in [6.07, 6.45) is 1.61. The smallest absolute Gasteiger partial charge is 0.102 e. The number of hydrogen-bond acceptors (Lipinski definition) is 7. The maximum atomic E-state index is 6.29. The lowest BCUT2D eigenvalue weighted by Gasteiger charge is -2.18. The Labute approximate surface area is 132 Å². The van der Waals surface area contributed by atoms with Crippen molar-refractivity contribution in [3.05, 3.63) is 27.5 Å². The molecule has 0 amide bonds. The lowest BCUT2D eigenvalue weighted by Crippen LogP contribution is -2.31. The molecule has 1 unspecified atom stereocenters. The van der Waals surface area contributed by atoms with Gasteiger partial charge in [-0.15, -0.1) is 5.10 Å². The van der Waals surface area contributed by atoms with Gasteiger partial charge in [-0.3, -0.25) is 10.5 Å². The Morgan fingerprint density at radius 3 is 2.90 bits per heavy atom. The standard InChI is InChI=1S/C12H19ClN6OS/c1-7(2)9-12(21-18-17-9)10(16-14)11-8(13)6-15-19(11)4-5-20-3/h6-7,10,16H,4-5,14H2,1-3H3. The van der Waals surface area contributed by atoms with Crippen LogP contribution in [-0.4, -0.2) is 33.1 Å². The second-order valence-corrected chi connectivity index (χ2v) is 6.06. The molecule has 0 aliphatic rings. The largest absolute Gasteiger partial charge is 0.383 e. The molecule has 116 valence electrons. The highest BCUT2D eigenvalue weighted by molar-refractivity contribution is 7.05. The van der Waals surface area contributed by atoms with Gasteiger partial charge < -0.3 is 4.74 Å². The minimum Gasteiger partial charge on any atom is -0.383 e. The highest BCUT2D eigenvalue weighted by Gasteiger charge is 2.27. The van der Waals surface area contributed by atoms with Gasteiger partial charge in [0.2, 0.25) is 0 Å². The molecule has 1 atom stereocenters. The Morgan fingerprint density at radius 1 is 1.52 bits per heavy atom. The van der Waals surface area contributed by atoms with Gasteiger partial charge >= 0.3 is 0 Å². The molecule has 0 saturated carbocycles. The Bertz CT molecular complexity index is 584. The molecule has 2 aromatic heterocycles. The lowest BCUT2D eigenvalue weighted by molar-refractivity contribution is 0.182. The van der Waals surface area contributed by atoms with E-state index in [2.05, 4.69) is 34.0 Å². The van der Waals surface area contributed by atoms with Crippen molar-refractivity contribution in [2.45, 2.75) is 32.4 Å². The first-order valence-electron chi connectivity index (χ1n) is 6.58. The minimum absolute atomic E-state index is 0.253. The topological polar surface area (TPSA) is 90.9 Å². The molecule has 0 aliphatic carbocycles. The third-order valence-electron chi connectivity index (χ3n) is 3.13. The minimum atomic E-state index is -0.297. The summed E-state index contributed by atoms with van der Waals surface area (Å²) in [7, 11) is 1.65. The summed E-state index contributed by atoms with van der Waals surface area (Å²) in [4.78, 5) is 0.952. The van der Waals surface area contributed by atoms with E-state index in [-0.39, 0.29) is 12.0 Å². The molecule has 0 bridgehead atoms. The van der Waals surface area contributed by atoms with Crippen molar-refractivity contribution in [2.24, 2.45) is 5.84 Å². The molecule has 0 fully saturated rings. The molecule has 3 N–H and O–H groups in total. The van der Waals surface area contributed by atoms with Gasteiger partial charge in [0.05, 0.1) is 40.6 Å². The zero-order valence-electron chi connectivity index (χ0n) is 12.2. The number of ether oxygens (including phenoxy) is 1. The Balaban J connectivity index is 2.41. The molecule has 7 nitrogen and oxygen atoms in total. The lowest BCUT2D eigenvalue weighted by atomic mass is 10.0. The number of hydrogen-bond donors (Lipinski definition) is 2. The van der Waals surface area contributed by atoms with Crippen LogP contribution in [0.1, 0.15) is 42.1 Å². The molecule has 0 radical (unpaired) electrons. The van der Waals surface area contributed by atoms with Crippen LogP contribution in [-0.2, 0) is 11.3 Å². The van der Waals surface area contributed by atoms with E-state index in [9.17, 15) is 0 Å². The summed E-state index contributed by atoms with van der Waals surface area (Å²) in [5.74, 6) is 6.01. The van der Waals surface area contributed by atoms with Crippen molar-refractivity contribution in [3.8, 4) is 0 Å². The zero-order chi connectivity index (χ0) is 15.4. The van der Waals surface area contributed by atoms with Crippen LogP contribution in [0.4, 0.5) is 0 Å². The molecule has 21 heavy (non-hydrogen) atoms. The van der Waals surface area contributed by atoms with Crippen LogP contribution >= 0.6 is 23.1 Å². The second kappa shape index (κ2) is 7.28. The number of rotatable bonds is 7. The fraction of sp³-hybridized carbons (Fsp3) is 0.583. The molecule has 9 heteroatoms. The number of nitrogens with two attached hydrogens (primary N) is 1. The van der Waals surface area contributed by atoms with E-state index in [1.165, 1.54) is 11.5 Å². The van der Waals surface area contributed by atoms with E-state index in [4.69, 9.17) is 22.2 Å². The number of methoxy groups -OCH3 is 1. The molecule has 2 aromatic rings. The molecular weight excluding hydrogens is 312 g/mol. The van der Waals surface area contributed by atoms with Gasteiger partial charge in [0.25, 0.3) is 0 Å². The summed E-state index contributed by atoms with van der Waals surface area (Å²) in [5.41, 5.74) is 4.51. The van der Waals surface area contributed by atoms with Gasteiger partial charge in [-0.2, -0.15) is 5.10 Å². The number of nitrogens with one attached hydrogen (secondary N) is 1. The van der Waals surface area contributed by atoms with Crippen LogP contribution in [0, 0.1) is 0 Å². The van der Waals surface area contributed by atoms with Gasteiger partial charge in [0, 0.05) is 7.11 Å². The first-order chi connectivity index (χ1) is 10.1. The SMILES string of the molecule is COCCn1ncc(Cl)c1C(NN)c1snnc1C(C)C. The summed E-state index contributed by atoms with van der Waals surface area (Å²) < 4.78 is 10.9. The fourth-order valence-corrected chi connectivity index (χ4v) is 3.22. The molecule has 2 rings (SSSR count). The van der Waals surface area contributed by atoms with Crippen molar-refractivity contribution >= 4 is 23.1 Å². The molecule has 0 aromatic carbocycles. The van der Waals surface area contributed by atoms with E-state index in [1.54, 1.807) is 18.0 Å². The van der Waals surface area contributed by atoms with Crippen molar-refractivity contribution in [3.63, 3.8) is 0 Å². The Morgan fingerprint density at radius 2 is 2.29 bits per heavy atom. The van der Waals surface area contributed by atoms with Gasteiger partial charge in [-0.1, -0.05) is 29.9 Å². The van der Waals surface area contributed by atoms with Crippen LogP contribution in [0.2, 0.25) is 5.02 Å². The predicted octanol–water partition coefficient (Wildman–Crippen LogP) is 1.71. The molecular formula is C12H19ClN6OS. The average Bonchev–Trinajstić information content (AvgIpc) is 3.07. The third-order valence-corrected chi connectivity index (χ3v) is 4.23. The number of nitrogens with zero attached hydrogens (tertiary/aromatic N) is 4. The van der Waals surface area contributed by atoms with Crippen molar-refractivity contribution in [1.29, 1.82) is 0 Å². The van der Waals surface area contributed by atoms with Crippen molar-refractivity contribution in [1.82, 2.24) is 24.8 Å². The Kier molecular flexibility index (Phi) is 5.65. The van der Waals surface area contributed by atoms with Crippen LogP contribution in [0.25, 0.3) is 0 Å².